The van der Waals surface area contributed by atoms with Gasteiger partial charge in [0.15, 0.2) is 0 Å². The predicted molar refractivity (Wildman–Crippen MR) is 90.2 cm³/mol. The van der Waals surface area contributed by atoms with Crippen LogP contribution < -0.4 is 5.73 Å². The first-order valence-electron chi connectivity index (χ1n) is 9.45. The fourth-order valence-corrected chi connectivity index (χ4v) is 4.99. The van der Waals surface area contributed by atoms with Crippen LogP contribution in [0.2, 0.25) is 0 Å². The largest absolute Gasteiger partial charge is 0.389 e. The van der Waals surface area contributed by atoms with Crippen LogP contribution in [0, 0.1) is 17.3 Å². The fraction of sp³-hybridized carbons (Fsp3) is 1.00. The monoisotopic (exact) mass is 295 g/mol. The first kappa shape index (κ1) is 17.3. The molecule has 0 radical (unpaired) electrons. The van der Waals surface area contributed by atoms with Crippen LogP contribution in [0.25, 0.3) is 0 Å². The summed E-state index contributed by atoms with van der Waals surface area (Å²) >= 11 is 0. The highest BCUT2D eigenvalue weighted by atomic mass is 16.3. The number of rotatable bonds is 3. The van der Waals surface area contributed by atoms with Crippen LogP contribution in [0.15, 0.2) is 0 Å². The van der Waals surface area contributed by atoms with Crippen molar-refractivity contribution in [1.29, 1.82) is 0 Å². The van der Waals surface area contributed by atoms with E-state index >= 15 is 0 Å². The normalized spacial score (nSPS) is 35.0. The van der Waals surface area contributed by atoms with Gasteiger partial charge in [0.25, 0.3) is 0 Å². The van der Waals surface area contributed by atoms with Crippen molar-refractivity contribution in [3.05, 3.63) is 0 Å². The molecule has 2 heteroatoms. The van der Waals surface area contributed by atoms with Gasteiger partial charge in [0.2, 0.25) is 0 Å². The van der Waals surface area contributed by atoms with E-state index in [4.69, 9.17) is 5.73 Å². The molecular weight excluding hydrogens is 258 g/mol. The van der Waals surface area contributed by atoms with Crippen LogP contribution in [0.3, 0.4) is 0 Å². The van der Waals surface area contributed by atoms with Crippen molar-refractivity contribution >= 4 is 0 Å². The highest BCUT2D eigenvalue weighted by molar-refractivity contribution is 5.01. The van der Waals surface area contributed by atoms with Gasteiger partial charge in [-0.25, -0.2) is 0 Å². The summed E-state index contributed by atoms with van der Waals surface area (Å²) in [6, 6.07) is 0. The zero-order valence-corrected chi connectivity index (χ0v) is 14.4. The molecule has 2 aliphatic carbocycles. The molecular formula is C19H37NO. The van der Waals surface area contributed by atoms with Crippen molar-refractivity contribution in [3.63, 3.8) is 0 Å². The number of hydrogen-bond acceptors (Lipinski definition) is 2. The van der Waals surface area contributed by atoms with Crippen molar-refractivity contribution in [2.24, 2.45) is 23.0 Å². The molecule has 0 heterocycles. The third-order valence-corrected chi connectivity index (χ3v) is 6.73. The van der Waals surface area contributed by atoms with Gasteiger partial charge in [-0.15, -0.1) is 0 Å². The zero-order valence-electron chi connectivity index (χ0n) is 14.4. The molecule has 2 atom stereocenters. The predicted octanol–water partition coefficient (Wildman–Crippen LogP) is 4.64. The Morgan fingerprint density at radius 3 is 2.10 bits per heavy atom. The number of nitrogens with two attached hydrogens (primary N) is 1. The standard InChI is InChI=1S/C19H37NO/c1-16(2)17-9-8-13-19(21,14-10-17)18(15-20)11-6-4-3-5-7-12-18/h16-17,21H,3-15,20H2,1-2H3. The van der Waals surface area contributed by atoms with Gasteiger partial charge in [0, 0.05) is 12.0 Å². The van der Waals surface area contributed by atoms with Crippen LogP contribution in [-0.4, -0.2) is 17.3 Å². The molecule has 2 unspecified atom stereocenters. The summed E-state index contributed by atoms with van der Waals surface area (Å²) in [6.07, 6.45) is 14.4. The summed E-state index contributed by atoms with van der Waals surface area (Å²) in [5.41, 5.74) is 5.76. The molecule has 0 amide bonds. The Morgan fingerprint density at radius 1 is 0.905 bits per heavy atom. The smallest absolute Gasteiger partial charge is 0.0715 e. The van der Waals surface area contributed by atoms with Crippen LogP contribution in [0.1, 0.15) is 90.9 Å². The third kappa shape index (κ3) is 3.82. The highest BCUT2D eigenvalue weighted by Gasteiger charge is 2.49. The second-order valence-electron chi connectivity index (χ2n) is 8.22. The Hall–Kier alpha value is -0.0800. The fourth-order valence-electron chi connectivity index (χ4n) is 4.99. The molecule has 0 aromatic carbocycles. The molecule has 0 bridgehead atoms. The minimum atomic E-state index is -0.497. The van der Waals surface area contributed by atoms with E-state index in [1.165, 1.54) is 51.4 Å². The summed E-state index contributed by atoms with van der Waals surface area (Å²) in [5.74, 6) is 1.54. The Kier molecular flexibility index (Phi) is 6.14. The highest BCUT2D eigenvalue weighted by Crippen LogP contribution is 2.49. The lowest BCUT2D eigenvalue weighted by molar-refractivity contribution is -0.105. The van der Waals surface area contributed by atoms with Gasteiger partial charge in [-0.05, 0) is 43.9 Å². The maximum Gasteiger partial charge on any atom is 0.0715 e. The average molecular weight is 296 g/mol. The summed E-state index contributed by atoms with van der Waals surface area (Å²) in [5, 5.41) is 11.6. The lowest BCUT2D eigenvalue weighted by Gasteiger charge is -2.48. The van der Waals surface area contributed by atoms with Crippen LogP contribution in [0.5, 0.6) is 0 Å². The van der Waals surface area contributed by atoms with E-state index in [1.54, 1.807) is 0 Å². The first-order valence-corrected chi connectivity index (χ1v) is 9.45. The molecule has 2 rings (SSSR count). The van der Waals surface area contributed by atoms with Gasteiger partial charge in [-0.2, -0.15) is 0 Å². The molecule has 0 aromatic heterocycles. The van der Waals surface area contributed by atoms with Gasteiger partial charge in [-0.3, -0.25) is 0 Å². The molecule has 0 spiro atoms. The van der Waals surface area contributed by atoms with E-state index in [0.29, 0.717) is 6.54 Å². The van der Waals surface area contributed by atoms with Gasteiger partial charge in [0.1, 0.15) is 0 Å². The molecule has 2 nitrogen and oxygen atoms in total. The van der Waals surface area contributed by atoms with E-state index in [0.717, 1.165) is 37.5 Å². The quantitative estimate of drug-likeness (QED) is 0.745. The molecule has 0 saturated heterocycles. The Bertz CT molecular complexity index is 307. The zero-order chi connectivity index (χ0) is 15.3. The number of hydrogen-bond donors (Lipinski definition) is 2. The van der Waals surface area contributed by atoms with E-state index in [1.807, 2.05) is 0 Å². The molecule has 0 aromatic rings. The Morgan fingerprint density at radius 2 is 1.52 bits per heavy atom. The van der Waals surface area contributed by atoms with Gasteiger partial charge >= 0.3 is 0 Å². The maximum atomic E-state index is 11.6. The summed E-state index contributed by atoms with van der Waals surface area (Å²) in [6.45, 7) is 5.35. The van der Waals surface area contributed by atoms with Crippen molar-refractivity contribution in [1.82, 2.24) is 0 Å². The van der Waals surface area contributed by atoms with Crippen LogP contribution >= 0.6 is 0 Å². The minimum Gasteiger partial charge on any atom is -0.389 e. The molecule has 124 valence electrons. The topological polar surface area (TPSA) is 46.2 Å². The second kappa shape index (κ2) is 7.46. The van der Waals surface area contributed by atoms with Gasteiger partial charge in [0.05, 0.1) is 5.60 Å². The summed E-state index contributed by atoms with van der Waals surface area (Å²) in [4.78, 5) is 0. The Balaban J connectivity index is 2.13. The lowest BCUT2D eigenvalue weighted by Crippen LogP contribution is -2.52. The van der Waals surface area contributed by atoms with E-state index < -0.39 is 5.60 Å². The van der Waals surface area contributed by atoms with Crippen molar-refractivity contribution in [2.45, 2.75) is 96.5 Å². The molecule has 2 saturated carbocycles. The van der Waals surface area contributed by atoms with Crippen molar-refractivity contribution in [3.8, 4) is 0 Å². The summed E-state index contributed by atoms with van der Waals surface area (Å²) < 4.78 is 0. The van der Waals surface area contributed by atoms with E-state index in [9.17, 15) is 5.11 Å². The number of aliphatic hydroxyl groups is 1. The van der Waals surface area contributed by atoms with E-state index in [2.05, 4.69) is 13.8 Å². The second-order valence-corrected chi connectivity index (χ2v) is 8.22. The Labute approximate surface area is 131 Å². The molecule has 2 fully saturated rings. The molecule has 3 N–H and O–H groups in total. The summed E-state index contributed by atoms with van der Waals surface area (Å²) in [7, 11) is 0. The van der Waals surface area contributed by atoms with E-state index in [-0.39, 0.29) is 5.41 Å². The van der Waals surface area contributed by atoms with Crippen molar-refractivity contribution < 1.29 is 5.11 Å². The third-order valence-electron chi connectivity index (χ3n) is 6.73. The molecule has 21 heavy (non-hydrogen) atoms. The molecule has 2 aliphatic rings. The first-order chi connectivity index (χ1) is 10.0. The van der Waals surface area contributed by atoms with Crippen LogP contribution in [-0.2, 0) is 0 Å². The maximum absolute atomic E-state index is 11.6. The minimum absolute atomic E-state index is 0.000705. The van der Waals surface area contributed by atoms with Crippen molar-refractivity contribution in [2.75, 3.05) is 6.54 Å². The van der Waals surface area contributed by atoms with Gasteiger partial charge in [-0.1, -0.05) is 58.8 Å². The average Bonchev–Trinajstić information content (AvgIpc) is 2.62. The van der Waals surface area contributed by atoms with Crippen LogP contribution in [0.4, 0.5) is 0 Å². The molecule has 0 aliphatic heterocycles. The lowest BCUT2D eigenvalue weighted by atomic mass is 9.62. The SMILES string of the molecule is CC(C)C1CCCC(O)(C2(CN)CCCCCCC2)CC1. The van der Waals surface area contributed by atoms with Gasteiger partial charge < -0.3 is 10.8 Å².